The van der Waals surface area contributed by atoms with Crippen LogP contribution in [-0.4, -0.2) is 6.04 Å². The molecule has 1 unspecified atom stereocenters. The molecular weight excluding hydrogens is 278 g/mol. The van der Waals surface area contributed by atoms with Crippen molar-refractivity contribution in [3.8, 4) is 6.07 Å². The normalized spacial score (nSPS) is 11.9. The highest BCUT2D eigenvalue weighted by Crippen LogP contribution is 2.24. The van der Waals surface area contributed by atoms with Crippen LogP contribution in [0.4, 0.5) is 14.5 Å². The maximum atomic E-state index is 13.4. The summed E-state index contributed by atoms with van der Waals surface area (Å²) in [5.41, 5.74) is 0.0859. The van der Waals surface area contributed by atoms with E-state index >= 15 is 0 Å². The molecule has 2 nitrogen and oxygen atoms in total. The second kappa shape index (κ2) is 5.80. The topological polar surface area (TPSA) is 35.8 Å². The van der Waals surface area contributed by atoms with Gasteiger partial charge < -0.3 is 5.32 Å². The lowest BCUT2D eigenvalue weighted by atomic mass is 10.1. The summed E-state index contributed by atoms with van der Waals surface area (Å²) in [5, 5.41) is 11.4. The molecule has 0 saturated carbocycles. The van der Waals surface area contributed by atoms with Gasteiger partial charge in [-0.3, -0.25) is 0 Å². The van der Waals surface area contributed by atoms with Gasteiger partial charge in [-0.1, -0.05) is 6.92 Å². The van der Waals surface area contributed by atoms with Gasteiger partial charge in [0.15, 0.2) is 0 Å². The number of nitrogens with zero attached hydrogens (tertiary/aromatic N) is 1. The molecule has 0 aliphatic carbocycles. The second-order valence-corrected chi connectivity index (χ2v) is 4.21. The Labute approximate surface area is 101 Å². The fraction of sp³-hybridized carbons (Fsp3) is 0.364. The molecule has 0 amide bonds. The van der Waals surface area contributed by atoms with Gasteiger partial charge in [0.1, 0.15) is 11.6 Å². The highest BCUT2D eigenvalue weighted by atomic mass is 79.9. The molecule has 0 heterocycles. The van der Waals surface area contributed by atoms with Crippen molar-refractivity contribution in [1.29, 1.82) is 5.26 Å². The molecule has 1 N–H and O–H groups in total. The standard InChI is InChI=1S/C11H11BrF2N2/c1-2-7(3-4-15)16-11-6-9(13)8(12)5-10(11)14/h5-7,16H,2-3H2,1H3. The van der Waals surface area contributed by atoms with Crippen molar-refractivity contribution in [2.75, 3.05) is 5.32 Å². The molecule has 1 rings (SSSR count). The van der Waals surface area contributed by atoms with Gasteiger partial charge >= 0.3 is 0 Å². The Morgan fingerprint density at radius 2 is 2.12 bits per heavy atom. The van der Waals surface area contributed by atoms with E-state index in [0.717, 1.165) is 12.1 Å². The van der Waals surface area contributed by atoms with Gasteiger partial charge in [0.25, 0.3) is 0 Å². The van der Waals surface area contributed by atoms with Crippen molar-refractivity contribution in [3.05, 3.63) is 28.2 Å². The van der Waals surface area contributed by atoms with Gasteiger partial charge in [-0.05, 0) is 28.4 Å². The quantitative estimate of drug-likeness (QED) is 0.855. The molecular formula is C11H11BrF2N2. The minimum absolute atomic E-state index is 0.0859. The first-order chi connectivity index (χ1) is 7.58. The molecule has 1 aromatic rings. The zero-order valence-corrected chi connectivity index (χ0v) is 10.3. The average Bonchev–Trinajstić information content (AvgIpc) is 2.25. The first kappa shape index (κ1) is 12.9. The van der Waals surface area contributed by atoms with Gasteiger partial charge in [0.2, 0.25) is 0 Å². The van der Waals surface area contributed by atoms with E-state index in [4.69, 9.17) is 5.26 Å². The van der Waals surface area contributed by atoms with E-state index < -0.39 is 11.6 Å². The predicted octanol–water partition coefficient (Wildman–Crippen LogP) is 3.83. The maximum absolute atomic E-state index is 13.4. The van der Waals surface area contributed by atoms with E-state index in [0.29, 0.717) is 6.42 Å². The Balaban J connectivity index is 2.88. The zero-order valence-electron chi connectivity index (χ0n) is 8.73. The van der Waals surface area contributed by atoms with Gasteiger partial charge in [-0.25, -0.2) is 8.78 Å². The van der Waals surface area contributed by atoms with E-state index in [-0.39, 0.29) is 22.6 Å². The number of benzene rings is 1. The highest BCUT2D eigenvalue weighted by Gasteiger charge is 2.12. The van der Waals surface area contributed by atoms with Crippen molar-refractivity contribution in [2.45, 2.75) is 25.8 Å². The van der Waals surface area contributed by atoms with Crippen LogP contribution in [-0.2, 0) is 0 Å². The molecule has 0 aliphatic rings. The fourth-order valence-corrected chi connectivity index (χ4v) is 1.58. The Kier molecular flexibility index (Phi) is 4.69. The largest absolute Gasteiger partial charge is 0.379 e. The van der Waals surface area contributed by atoms with Crippen LogP contribution < -0.4 is 5.32 Å². The second-order valence-electron chi connectivity index (χ2n) is 3.36. The smallest absolute Gasteiger partial charge is 0.147 e. The fourth-order valence-electron chi connectivity index (χ4n) is 1.26. The average molecular weight is 289 g/mol. The van der Waals surface area contributed by atoms with Crippen LogP contribution in [0.2, 0.25) is 0 Å². The van der Waals surface area contributed by atoms with Crippen molar-refractivity contribution < 1.29 is 8.78 Å². The third-order valence-electron chi connectivity index (χ3n) is 2.20. The molecule has 0 bridgehead atoms. The minimum Gasteiger partial charge on any atom is -0.379 e. The van der Waals surface area contributed by atoms with Crippen molar-refractivity contribution >= 4 is 21.6 Å². The molecule has 1 aromatic carbocycles. The lowest BCUT2D eigenvalue weighted by Gasteiger charge is -2.15. The number of rotatable bonds is 4. The Morgan fingerprint density at radius 3 is 2.69 bits per heavy atom. The van der Waals surface area contributed by atoms with Crippen molar-refractivity contribution in [3.63, 3.8) is 0 Å². The van der Waals surface area contributed by atoms with Gasteiger partial charge in [0.05, 0.1) is 22.7 Å². The first-order valence-electron chi connectivity index (χ1n) is 4.86. The van der Waals surface area contributed by atoms with Crippen molar-refractivity contribution in [2.24, 2.45) is 0 Å². The molecule has 5 heteroatoms. The summed E-state index contributed by atoms with van der Waals surface area (Å²) >= 11 is 2.90. The Bertz CT molecular complexity index is 415. The molecule has 0 saturated heterocycles. The Morgan fingerprint density at radius 1 is 1.44 bits per heavy atom. The van der Waals surface area contributed by atoms with E-state index in [1.807, 2.05) is 13.0 Å². The van der Waals surface area contributed by atoms with Crippen LogP contribution in [0.1, 0.15) is 19.8 Å². The zero-order chi connectivity index (χ0) is 12.1. The van der Waals surface area contributed by atoms with E-state index in [2.05, 4.69) is 21.2 Å². The lowest BCUT2D eigenvalue weighted by Crippen LogP contribution is -2.18. The van der Waals surface area contributed by atoms with Crippen LogP contribution in [0.5, 0.6) is 0 Å². The predicted molar refractivity (Wildman–Crippen MR) is 62.0 cm³/mol. The number of halogens is 3. The molecule has 0 aliphatic heterocycles. The number of hydrogen-bond acceptors (Lipinski definition) is 2. The summed E-state index contributed by atoms with van der Waals surface area (Å²) < 4.78 is 26.7. The van der Waals surface area contributed by atoms with Crippen LogP contribution in [0.15, 0.2) is 16.6 Å². The maximum Gasteiger partial charge on any atom is 0.147 e. The van der Waals surface area contributed by atoms with Gasteiger partial charge in [-0.15, -0.1) is 0 Å². The minimum atomic E-state index is -0.537. The molecule has 0 aromatic heterocycles. The van der Waals surface area contributed by atoms with E-state index in [1.165, 1.54) is 0 Å². The number of hydrogen-bond donors (Lipinski definition) is 1. The molecule has 1 atom stereocenters. The Hall–Kier alpha value is -1.15. The molecule has 0 radical (unpaired) electrons. The number of nitrogens with one attached hydrogen (secondary N) is 1. The first-order valence-corrected chi connectivity index (χ1v) is 5.65. The summed E-state index contributed by atoms with van der Waals surface area (Å²) in [7, 11) is 0. The third-order valence-corrected chi connectivity index (χ3v) is 2.81. The molecule has 0 spiro atoms. The lowest BCUT2D eigenvalue weighted by molar-refractivity contribution is 0.591. The monoisotopic (exact) mass is 288 g/mol. The van der Waals surface area contributed by atoms with Crippen molar-refractivity contribution in [1.82, 2.24) is 0 Å². The van der Waals surface area contributed by atoms with Crippen LogP contribution >= 0.6 is 15.9 Å². The third kappa shape index (κ3) is 3.17. The van der Waals surface area contributed by atoms with Gasteiger partial charge in [0, 0.05) is 12.1 Å². The summed E-state index contributed by atoms with van der Waals surface area (Å²) in [6.45, 7) is 1.88. The van der Waals surface area contributed by atoms with E-state index in [9.17, 15) is 8.78 Å². The number of nitriles is 1. The summed E-state index contributed by atoms with van der Waals surface area (Å²) in [5.74, 6) is -1.07. The van der Waals surface area contributed by atoms with Crippen LogP contribution in [0.25, 0.3) is 0 Å². The van der Waals surface area contributed by atoms with Gasteiger partial charge in [-0.2, -0.15) is 5.26 Å². The molecule has 0 fully saturated rings. The summed E-state index contributed by atoms with van der Waals surface area (Å²) in [6, 6.07) is 3.98. The number of anilines is 1. The summed E-state index contributed by atoms with van der Waals surface area (Å²) in [6.07, 6.45) is 0.929. The SMILES string of the molecule is CCC(CC#N)Nc1cc(F)c(Br)cc1F. The van der Waals surface area contributed by atoms with E-state index in [1.54, 1.807) is 0 Å². The summed E-state index contributed by atoms with van der Waals surface area (Å²) in [4.78, 5) is 0. The molecule has 16 heavy (non-hydrogen) atoms. The highest BCUT2D eigenvalue weighted by molar-refractivity contribution is 9.10. The van der Waals surface area contributed by atoms with Crippen LogP contribution in [0.3, 0.4) is 0 Å². The molecule has 86 valence electrons. The van der Waals surface area contributed by atoms with Crippen LogP contribution in [0, 0.1) is 23.0 Å².